The van der Waals surface area contributed by atoms with Gasteiger partial charge in [0.1, 0.15) is 6.10 Å². The number of ether oxygens (including phenoxy) is 1. The van der Waals surface area contributed by atoms with Gasteiger partial charge < -0.3 is 14.2 Å². The highest BCUT2D eigenvalue weighted by molar-refractivity contribution is 5.69. The molecule has 1 aromatic heterocycles. The van der Waals surface area contributed by atoms with Crippen LogP contribution in [-0.4, -0.2) is 28.2 Å². The van der Waals surface area contributed by atoms with Crippen molar-refractivity contribution in [1.29, 1.82) is 5.26 Å². The summed E-state index contributed by atoms with van der Waals surface area (Å²) in [6.45, 7) is 6.32. The number of rotatable bonds is 5. The molecule has 2 atom stereocenters. The van der Waals surface area contributed by atoms with Gasteiger partial charge in [0.05, 0.1) is 17.5 Å². The van der Waals surface area contributed by atoms with Crippen LogP contribution in [0, 0.1) is 16.7 Å². The Hall–Kier alpha value is -3.07. The van der Waals surface area contributed by atoms with Crippen LogP contribution in [0.1, 0.15) is 45.2 Å². The SMILES string of the molecule is C[C@@H](c1ccc(-c2ccc(=O)n(C)c2)cc1)N1CC[C@@H](CC(C)(C)C#N)OC1=O. The van der Waals surface area contributed by atoms with Crippen LogP contribution in [0.3, 0.4) is 0 Å². The molecule has 152 valence electrons. The molecule has 2 heterocycles. The van der Waals surface area contributed by atoms with E-state index in [2.05, 4.69) is 6.07 Å². The van der Waals surface area contributed by atoms with Crippen molar-refractivity contribution < 1.29 is 9.53 Å². The Bertz CT molecular complexity index is 986. The molecule has 0 radical (unpaired) electrons. The van der Waals surface area contributed by atoms with Crippen LogP contribution < -0.4 is 5.56 Å². The summed E-state index contributed by atoms with van der Waals surface area (Å²) in [7, 11) is 1.73. The van der Waals surface area contributed by atoms with Crippen LogP contribution in [-0.2, 0) is 11.8 Å². The number of nitrogens with zero attached hydrogens (tertiary/aromatic N) is 3. The maximum atomic E-state index is 12.5. The molecule has 0 bridgehead atoms. The van der Waals surface area contributed by atoms with Gasteiger partial charge in [0.25, 0.3) is 0 Å². The number of cyclic esters (lactones) is 1. The lowest BCUT2D eigenvalue weighted by molar-refractivity contribution is 0.000798. The Labute approximate surface area is 171 Å². The number of hydrogen-bond acceptors (Lipinski definition) is 4. The van der Waals surface area contributed by atoms with E-state index in [1.54, 1.807) is 22.6 Å². The molecule has 1 fully saturated rings. The molecule has 1 aromatic carbocycles. The molecule has 2 aromatic rings. The second-order valence-electron chi connectivity index (χ2n) is 8.35. The van der Waals surface area contributed by atoms with Gasteiger partial charge in [0.15, 0.2) is 0 Å². The smallest absolute Gasteiger partial charge is 0.410 e. The molecule has 1 aliphatic rings. The van der Waals surface area contributed by atoms with Crippen molar-refractivity contribution in [1.82, 2.24) is 9.47 Å². The zero-order valence-corrected chi connectivity index (χ0v) is 17.4. The van der Waals surface area contributed by atoms with Crippen molar-refractivity contribution in [2.45, 2.75) is 45.8 Å². The van der Waals surface area contributed by atoms with E-state index in [-0.39, 0.29) is 23.8 Å². The van der Waals surface area contributed by atoms with Crippen LogP contribution >= 0.6 is 0 Å². The minimum Gasteiger partial charge on any atom is -0.446 e. The maximum Gasteiger partial charge on any atom is 0.410 e. The standard InChI is InChI=1S/C23H27N3O3/c1-16(26-12-11-20(29-22(26)28)13-23(2,3)15-24)17-5-7-18(8-6-17)19-9-10-21(27)25(4)14-19/h5-10,14,16,20H,11-13H2,1-4H3/t16-,20-/m0/s1. The number of pyridine rings is 1. The van der Waals surface area contributed by atoms with Crippen LogP contribution in [0.4, 0.5) is 4.79 Å². The third-order valence-corrected chi connectivity index (χ3v) is 5.51. The first-order valence-electron chi connectivity index (χ1n) is 9.86. The molecule has 3 rings (SSSR count). The van der Waals surface area contributed by atoms with Crippen molar-refractivity contribution in [3.63, 3.8) is 0 Å². The first-order chi connectivity index (χ1) is 13.7. The molecule has 29 heavy (non-hydrogen) atoms. The van der Waals surface area contributed by atoms with E-state index in [1.165, 1.54) is 0 Å². The lowest BCUT2D eigenvalue weighted by Crippen LogP contribution is -2.44. The number of benzene rings is 1. The number of carbonyl (C=O) groups excluding carboxylic acids is 1. The van der Waals surface area contributed by atoms with Gasteiger partial charge in [-0.3, -0.25) is 4.79 Å². The first kappa shape index (κ1) is 20.7. The topological polar surface area (TPSA) is 75.3 Å². The molecule has 6 nitrogen and oxygen atoms in total. The summed E-state index contributed by atoms with van der Waals surface area (Å²) in [5, 5.41) is 9.20. The van der Waals surface area contributed by atoms with Gasteiger partial charge in [0, 0.05) is 38.7 Å². The van der Waals surface area contributed by atoms with E-state index in [0.717, 1.165) is 23.1 Å². The number of amides is 1. The highest BCUT2D eigenvalue weighted by Gasteiger charge is 2.34. The summed E-state index contributed by atoms with van der Waals surface area (Å²) in [4.78, 5) is 25.8. The minimum absolute atomic E-state index is 0.0425. The Kier molecular flexibility index (Phi) is 5.78. The van der Waals surface area contributed by atoms with Crippen molar-refractivity contribution >= 4 is 6.09 Å². The van der Waals surface area contributed by atoms with E-state index in [1.807, 2.05) is 57.3 Å². The van der Waals surface area contributed by atoms with Crippen LogP contribution in [0.25, 0.3) is 11.1 Å². The van der Waals surface area contributed by atoms with E-state index in [4.69, 9.17) is 4.74 Å². The summed E-state index contributed by atoms with van der Waals surface area (Å²) in [5.74, 6) is 0. The highest BCUT2D eigenvalue weighted by Crippen LogP contribution is 2.31. The van der Waals surface area contributed by atoms with Gasteiger partial charge in [-0.15, -0.1) is 0 Å². The summed E-state index contributed by atoms with van der Waals surface area (Å²) < 4.78 is 7.16. The summed E-state index contributed by atoms with van der Waals surface area (Å²) in [6, 6.07) is 13.5. The van der Waals surface area contributed by atoms with Gasteiger partial charge >= 0.3 is 6.09 Å². The fourth-order valence-electron chi connectivity index (χ4n) is 3.65. The second-order valence-corrected chi connectivity index (χ2v) is 8.35. The van der Waals surface area contributed by atoms with Gasteiger partial charge in [0.2, 0.25) is 5.56 Å². The van der Waals surface area contributed by atoms with E-state index in [9.17, 15) is 14.9 Å². The molecule has 0 spiro atoms. The first-order valence-corrected chi connectivity index (χ1v) is 9.86. The Morgan fingerprint density at radius 1 is 1.17 bits per heavy atom. The van der Waals surface area contributed by atoms with Gasteiger partial charge in [-0.25, -0.2) is 4.79 Å². The maximum absolute atomic E-state index is 12.5. The minimum atomic E-state index is -0.504. The second kappa shape index (κ2) is 8.12. The van der Waals surface area contributed by atoms with Gasteiger partial charge in [-0.05, 0) is 43.5 Å². The summed E-state index contributed by atoms with van der Waals surface area (Å²) >= 11 is 0. The molecule has 1 aliphatic heterocycles. The van der Waals surface area contributed by atoms with Crippen molar-refractivity contribution in [2.24, 2.45) is 12.5 Å². The third kappa shape index (κ3) is 4.68. The molecule has 1 saturated heterocycles. The molecule has 0 unspecified atom stereocenters. The number of aryl methyl sites for hydroxylation is 1. The Morgan fingerprint density at radius 2 is 1.83 bits per heavy atom. The molecular formula is C23H27N3O3. The Morgan fingerprint density at radius 3 is 2.41 bits per heavy atom. The average Bonchev–Trinajstić information content (AvgIpc) is 2.69. The average molecular weight is 393 g/mol. The van der Waals surface area contributed by atoms with E-state index >= 15 is 0 Å². The van der Waals surface area contributed by atoms with Crippen molar-refractivity contribution in [3.05, 3.63) is 58.5 Å². The molecule has 0 saturated carbocycles. The monoisotopic (exact) mass is 393 g/mol. The lowest BCUT2D eigenvalue weighted by Gasteiger charge is -2.37. The normalized spacial score (nSPS) is 18.1. The summed E-state index contributed by atoms with van der Waals surface area (Å²) in [6.07, 6.45) is 2.53. The Balaban J connectivity index is 1.68. The highest BCUT2D eigenvalue weighted by atomic mass is 16.6. The number of carbonyl (C=O) groups is 1. The predicted molar refractivity (Wildman–Crippen MR) is 111 cm³/mol. The molecule has 6 heteroatoms. The fourth-order valence-corrected chi connectivity index (χ4v) is 3.65. The van der Waals surface area contributed by atoms with Crippen molar-refractivity contribution in [3.8, 4) is 17.2 Å². The number of aromatic nitrogens is 1. The quantitative estimate of drug-likeness (QED) is 0.760. The fraction of sp³-hybridized carbons (Fsp3) is 0.435. The van der Waals surface area contributed by atoms with Crippen LogP contribution in [0.5, 0.6) is 0 Å². The largest absolute Gasteiger partial charge is 0.446 e. The predicted octanol–water partition coefficient (Wildman–Crippen LogP) is 4.26. The van der Waals surface area contributed by atoms with E-state index < -0.39 is 5.41 Å². The van der Waals surface area contributed by atoms with Crippen LogP contribution in [0.15, 0.2) is 47.4 Å². The third-order valence-electron chi connectivity index (χ3n) is 5.51. The van der Waals surface area contributed by atoms with Crippen LogP contribution in [0.2, 0.25) is 0 Å². The number of hydrogen-bond donors (Lipinski definition) is 0. The molecule has 1 amide bonds. The van der Waals surface area contributed by atoms with Gasteiger partial charge in [-0.2, -0.15) is 5.26 Å². The molecule has 0 N–H and O–H groups in total. The summed E-state index contributed by atoms with van der Waals surface area (Å²) in [5.41, 5.74) is 2.45. The molecule has 0 aliphatic carbocycles. The zero-order chi connectivity index (χ0) is 21.2. The van der Waals surface area contributed by atoms with E-state index in [0.29, 0.717) is 13.0 Å². The molecular weight excluding hydrogens is 366 g/mol. The van der Waals surface area contributed by atoms with Gasteiger partial charge in [-0.1, -0.05) is 24.3 Å². The lowest BCUT2D eigenvalue weighted by atomic mass is 9.87. The zero-order valence-electron chi connectivity index (χ0n) is 17.4. The number of nitriles is 1. The van der Waals surface area contributed by atoms with Crippen molar-refractivity contribution in [2.75, 3.05) is 6.54 Å².